The summed E-state index contributed by atoms with van der Waals surface area (Å²) >= 11 is 0. The maximum atomic E-state index is 11.2. The van der Waals surface area contributed by atoms with Gasteiger partial charge < -0.3 is 15.2 Å². The largest absolute Gasteiger partial charge is 0.497 e. The van der Waals surface area contributed by atoms with Crippen molar-refractivity contribution in [3.05, 3.63) is 36.0 Å². The number of nitrogens with zero attached hydrogens (tertiary/aromatic N) is 2. The summed E-state index contributed by atoms with van der Waals surface area (Å²) in [5, 5.41) is 12.2. The fraction of sp³-hybridized carbons (Fsp3) is 0.267. The Kier molecular flexibility index (Phi) is 4.37. The minimum atomic E-state index is -1.06. The standard InChI is InChI=1S/C15H17N3O3/c1-9(2)17-14-12(15(19)20)8-16-13(18-14)10-5-4-6-11(7-10)21-3/h4-9H,1-3H3,(H,19,20)(H,16,17,18). The lowest BCUT2D eigenvalue weighted by Gasteiger charge is -2.12. The third kappa shape index (κ3) is 3.47. The second-order valence-corrected chi connectivity index (χ2v) is 4.79. The molecule has 0 spiro atoms. The third-order valence-corrected chi connectivity index (χ3v) is 2.77. The molecule has 0 atom stereocenters. The van der Waals surface area contributed by atoms with Gasteiger partial charge in [0.2, 0.25) is 0 Å². The van der Waals surface area contributed by atoms with Crippen molar-refractivity contribution in [1.29, 1.82) is 0 Å². The summed E-state index contributed by atoms with van der Waals surface area (Å²) in [6.07, 6.45) is 1.31. The van der Waals surface area contributed by atoms with E-state index in [4.69, 9.17) is 4.74 Å². The number of benzene rings is 1. The number of hydrogen-bond acceptors (Lipinski definition) is 5. The number of hydrogen-bond donors (Lipinski definition) is 2. The second-order valence-electron chi connectivity index (χ2n) is 4.79. The maximum Gasteiger partial charge on any atom is 0.341 e. The van der Waals surface area contributed by atoms with E-state index in [1.165, 1.54) is 6.20 Å². The van der Waals surface area contributed by atoms with Gasteiger partial charge in [-0.05, 0) is 26.0 Å². The van der Waals surface area contributed by atoms with Crippen LogP contribution in [0.2, 0.25) is 0 Å². The van der Waals surface area contributed by atoms with Crippen molar-refractivity contribution in [1.82, 2.24) is 9.97 Å². The lowest BCUT2D eigenvalue weighted by Crippen LogP contribution is -2.16. The fourth-order valence-corrected chi connectivity index (χ4v) is 1.82. The lowest BCUT2D eigenvalue weighted by atomic mass is 10.2. The molecule has 0 unspecified atom stereocenters. The van der Waals surface area contributed by atoms with Crippen LogP contribution >= 0.6 is 0 Å². The molecule has 1 aromatic carbocycles. The van der Waals surface area contributed by atoms with Crippen molar-refractivity contribution < 1.29 is 14.6 Å². The van der Waals surface area contributed by atoms with E-state index in [1.807, 2.05) is 32.0 Å². The first kappa shape index (κ1) is 14.8. The van der Waals surface area contributed by atoms with Gasteiger partial charge >= 0.3 is 5.97 Å². The molecule has 0 saturated heterocycles. The Labute approximate surface area is 122 Å². The van der Waals surface area contributed by atoms with Crippen LogP contribution in [0.3, 0.4) is 0 Å². The number of rotatable bonds is 5. The molecule has 2 rings (SSSR count). The van der Waals surface area contributed by atoms with Gasteiger partial charge in [-0.3, -0.25) is 0 Å². The van der Waals surface area contributed by atoms with Gasteiger partial charge in [-0.15, -0.1) is 0 Å². The molecule has 2 N–H and O–H groups in total. The highest BCUT2D eigenvalue weighted by atomic mass is 16.5. The van der Waals surface area contributed by atoms with Gasteiger partial charge in [0.25, 0.3) is 0 Å². The molecule has 6 nitrogen and oxygen atoms in total. The molecule has 1 aromatic heterocycles. The Morgan fingerprint density at radius 2 is 2.14 bits per heavy atom. The van der Waals surface area contributed by atoms with Gasteiger partial charge in [-0.2, -0.15) is 0 Å². The Hall–Kier alpha value is -2.63. The summed E-state index contributed by atoms with van der Waals surface area (Å²) in [6.45, 7) is 3.83. The van der Waals surface area contributed by atoms with Crippen LogP contribution in [-0.2, 0) is 0 Å². The molecule has 2 aromatic rings. The zero-order valence-electron chi connectivity index (χ0n) is 12.1. The van der Waals surface area contributed by atoms with E-state index in [2.05, 4.69) is 15.3 Å². The normalized spacial score (nSPS) is 10.5. The van der Waals surface area contributed by atoms with E-state index in [-0.39, 0.29) is 11.6 Å². The van der Waals surface area contributed by atoms with Crippen LogP contribution < -0.4 is 10.1 Å². The topological polar surface area (TPSA) is 84.3 Å². The third-order valence-electron chi connectivity index (χ3n) is 2.77. The Morgan fingerprint density at radius 3 is 2.76 bits per heavy atom. The molecule has 0 bridgehead atoms. The fourth-order valence-electron chi connectivity index (χ4n) is 1.82. The number of ether oxygens (including phenoxy) is 1. The molecule has 0 radical (unpaired) electrons. The first-order valence-corrected chi connectivity index (χ1v) is 6.52. The van der Waals surface area contributed by atoms with Gasteiger partial charge in [0.05, 0.1) is 7.11 Å². The van der Waals surface area contributed by atoms with Gasteiger partial charge in [0.15, 0.2) is 5.82 Å². The lowest BCUT2D eigenvalue weighted by molar-refractivity contribution is 0.0697. The van der Waals surface area contributed by atoms with Crippen LogP contribution in [-0.4, -0.2) is 34.2 Å². The predicted octanol–water partition coefficient (Wildman–Crippen LogP) is 2.67. The monoisotopic (exact) mass is 287 g/mol. The molecule has 0 saturated carbocycles. The number of nitrogens with one attached hydrogen (secondary N) is 1. The first-order chi connectivity index (χ1) is 10.0. The molecule has 110 valence electrons. The molecule has 1 heterocycles. The van der Waals surface area contributed by atoms with Crippen molar-refractivity contribution in [2.75, 3.05) is 12.4 Å². The van der Waals surface area contributed by atoms with Crippen molar-refractivity contribution >= 4 is 11.8 Å². The van der Waals surface area contributed by atoms with Crippen LogP contribution in [0.4, 0.5) is 5.82 Å². The highest BCUT2D eigenvalue weighted by Crippen LogP contribution is 2.23. The highest BCUT2D eigenvalue weighted by molar-refractivity contribution is 5.93. The summed E-state index contributed by atoms with van der Waals surface area (Å²) in [6, 6.07) is 7.36. The zero-order valence-corrected chi connectivity index (χ0v) is 12.1. The molecule has 0 aliphatic rings. The van der Waals surface area contributed by atoms with E-state index in [9.17, 15) is 9.90 Å². The van der Waals surface area contributed by atoms with Crippen LogP contribution in [0.15, 0.2) is 30.5 Å². The molecule has 21 heavy (non-hydrogen) atoms. The zero-order chi connectivity index (χ0) is 15.4. The minimum Gasteiger partial charge on any atom is -0.497 e. The number of carbonyl (C=O) groups is 1. The van der Waals surface area contributed by atoms with E-state index in [0.717, 1.165) is 5.56 Å². The van der Waals surface area contributed by atoms with Gasteiger partial charge in [-0.1, -0.05) is 12.1 Å². The van der Waals surface area contributed by atoms with E-state index in [0.29, 0.717) is 17.4 Å². The van der Waals surface area contributed by atoms with Crippen LogP contribution in [0.5, 0.6) is 5.75 Å². The molecule has 0 aliphatic carbocycles. The summed E-state index contributed by atoms with van der Waals surface area (Å²) < 4.78 is 5.17. The van der Waals surface area contributed by atoms with Gasteiger partial charge in [0.1, 0.15) is 17.1 Å². The SMILES string of the molecule is COc1cccc(-c2ncc(C(=O)O)c(NC(C)C)n2)c1. The van der Waals surface area contributed by atoms with Gasteiger partial charge in [-0.25, -0.2) is 14.8 Å². The minimum absolute atomic E-state index is 0.0512. The quantitative estimate of drug-likeness (QED) is 0.879. The number of aromatic carboxylic acids is 1. The second kappa shape index (κ2) is 6.21. The Morgan fingerprint density at radius 1 is 1.38 bits per heavy atom. The molecular weight excluding hydrogens is 270 g/mol. The molecular formula is C15H17N3O3. The van der Waals surface area contributed by atoms with Crippen LogP contribution in [0.1, 0.15) is 24.2 Å². The van der Waals surface area contributed by atoms with E-state index in [1.54, 1.807) is 13.2 Å². The highest BCUT2D eigenvalue weighted by Gasteiger charge is 2.15. The van der Waals surface area contributed by atoms with Crippen molar-refractivity contribution in [3.8, 4) is 17.1 Å². The smallest absolute Gasteiger partial charge is 0.341 e. The number of carboxylic acids is 1. The molecule has 0 aliphatic heterocycles. The Bertz CT molecular complexity index is 656. The van der Waals surface area contributed by atoms with Crippen molar-refractivity contribution in [3.63, 3.8) is 0 Å². The number of carboxylic acid groups (broad SMARTS) is 1. The molecule has 0 amide bonds. The molecule has 6 heteroatoms. The summed E-state index contributed by atoms with van der Waals surface area (Å²) in [5.41, 5.74) is 0.813. The summed E-state index contributed by atoms with van der Waals surface area (Å²) in [5.74, 6) is 0.388. The van der Waals surface area contributed by atoms with Gasteiger partial charge in [0, 0.05) is 17.8 Å². The van der Waals surface area contributed by atoms with Crippen LogP contribution in [0, 0.1) is 0 Å². The Balaban J connectivity index is 2.47. The number of aromatic nitrogens is 2. The summed E-state index contributed by atoms with van der Waals surface area (Å²) in [4.78, 5) is 19.7. The molecule has 0 fully saturated rings. The number of anilines is 1. The van der Waals surface area contributed by atoms with Crippen molar-refractivity contribution in [2.24, 2.45) is 0 Å². The first-order valence-electron chi connectivity index (χ1n) is 6.52. The summed E-state index contributed by atoms with van der Waals surface area (Å²) in [7, 11) is 1.58. The van der Waals surface area contributed by atoms with Crippen LogP contribution in [0.25, 0.3) is 11.4 Å². The maximum absolute atomic E-state index is 11.2. The number of methoxy groups -OCH3 is 1. The van der Waals surface area contributed by atoms with Crippen molar-refractivity contribution in [2.45, 2.75) is 19.9 Å². The predicted molar refractivity (Wildman–Crippen MR) is 79.7 cm³/mol. The van der Waals surface area contributed by atoms with E-state index < -0.39 is 5.97 Å². The average molecular weight is 287 g/mol. The van der Waals surface area contributed by atoms with E-state index >= 15 is 0 Å². The average Bonchev–Trinajstić information content (AvgIpc) is 2.46.